The first-order chi connectivity index (χ1) is 7.03. The Bertz CT molecular complexity index is 224. The van der Waals surface area contributed by atoms with Crippen LogP contribution in [0.5, 0.6) is 0 Å². The van der Waals surface area contributed by atoms with E-state index in [1.807, 2.05) is 13.8 Å². The highest BCUT2D eigenvalue weighted by molar-refractivity contribution is 4.91. The summed E-state index contributed by atoms with van der Waals surface area (Å²) in [5.41, 5.74) is -0.284. The van der Waals surface area contributed by atoms with E-state index in [9.17, 15) is 5.11 Å². The molecule has 0 aromatic heterocycles. The molecule has 3 nitrogen and oxygen atoms in total. The van der Waals surface area contributed by atoms with Gasteiger partial charge in [0, 0.05) is 6.61 Å². The predicted octanol–water partition coefficient (Wildman–Crippen LogP) is 2.25. The van der Waals surface area contributed by atoms with Gasteiger partial charge in [-0.1, -0.05) is 0 Å². The van der Waals surface area contributed by atoms with Crippen LogP contribution in [-0.2, 0) is 4.74 Å². The SMILES string of the molecule is CC(C)(C#N)CCOC1CCC(O)CC1. The Morgan fingerprint density at radius 2 is 1.93 bits per heavy atom. The first-order valence-electron chi connectivity index (χ1n) is 5.74. The number of aliphatic hydroxyl groups excluding tert-OH is 1. The summed E-state index contributed by atoms with van der Waals surface area (Å²) in [4.78, 5) is 0. The molecule has 1 rings (SSSR count). The van der Waals surface area contributed by atoms with E-state index in [0.717, 1.165) is 32.1 Å². The normalized spacial score (nSPS) is 27.3. The molecule has 1 fully saturated rings. The van der Waals surface area contributed by atoms with Gasteiger partial charge in [-0.3, -0.25) is 0 Å². The highest BCUT2D eigenvalue weighted by atomic mass is 16.5. The summed E-state index contributed by atoms with van der Waals surface area (Å²) in [7, 11) is 0. The Balaban J connectivity index is 2.14. The van der Waals surface area contributed by atoms with Crippen molar-refractivity contribution in [2.24, 2.45) is 5.41 Å². The predicted molar refractivity (Wildman–Crippen MR) is 58.2 cm³/mol. The van der Waals surface area contributed by atoms with Crippen molar-refractivity contribution in [3.63, 3.8) is 0 Å². The van der Waals surface area contributed by atoms with Crippen molar-refractivity contribution in [2.45, 2.75) is 58.2 Å². The topological polar surface area (TPSA) is 53.2 Å². The van der Waals surface area contributed by atoms with Crippen LogP contribution in [0.25, 0.3) is 0 Å². The summed E-state index contributed by atoms with van der Waals surface area (Å²) in [5, 5.41) is 18.1. The number of hydrogen-bond acceptors (Lipinski definition) is 3. The van der Waals surface area contributed by atoms with Crippen molar-refractivity contribution in [3.8, 4) is 6.07 Å². The van der Waals surface area contributed by atoms with Gasteiger partial charge >= 0.3 is 0 Å². The second kappa shape index (κ2) is 5.48. The Morgan fingerprint density at radius 3 is 2.47 bits per heavy atom. The maximum Gasteiger partial charge on any atom is 0.0684 e. The van der Waals surface area contributed by atoms with Crippen molar-refractivity contribution < 1.29 is 9.84 Å². The molecule has 0 aromatic carbocycles. The van der Waals surface area contributed by atoms with Crippen LogP contribution in [0.2, 0.25) is 0 Å². The van der Waals surface area contributed by atoms with E-state index >= 15 is 0 Å². The van der Waals surface area contributed by atoms with Gasteiger partial charge in [0.2, 0.25) is 0 Å². The van der Waals surface area contributed by atoms with E-state index in [1.54, 1.807) is 0 Å². The lowest BCUT2D eigenvalue weighted by molar-refractivity contribution is -0.00938. The van der Waals surface area contributed by atoms with E-state index < -0.39 is 0 Å². The summed E-state index contributed by atoms with van der Waals surface area (Å²) < 4.78 is 5.71. The van der Waals surface area contributed by atoms with Crippen LogP contribution in [0.15, 0.2) is 0 Å². The van der Waals surface area contributed by atoms with Gasteiger partial charge < -0.3 is 9.84 Å². The monoisotopic (exact) mass is 211 g/mol. The summed E-state index contributed by atoms with van der Waals surface area (Å²) in [6, 6.07) is 2.27. The van der Waals surface area contributed by atoms with Gasteiger partial charge in [-0.05, 0) is 46.0 Å². The van der Waals surface area contributed by atoms with Gasteiger partial charge in [0.1, 0.15) is 0 Å². The van der Waals surface area contributed by atoms with E-state index in [2.05, 4.69) is 6.07 Å². The zero-order valence-electron chi connectivity index (χ0n) is 9.70. The van der Waals surface area contributed by atoms with Crippen molar-refractivity contribution >= 4 is 0 Å². The highest BCUT2D eigenvalue weighted by Crippen LogP contribution is 2.23. The van der Waals surface area contributed by atoms with Gasteiger partial charge in [-0.2, -0.15) is 5.26 Å². The molecule has 0 aromatic rings. The van der Waals surface area contributed by atoms with Crippen LogP contribution >= 0.6 is 0 Å². The molecule has 0 amide bonds. The minimum Gasteiger partial charge on any atom is -0.393 e. The Hall–Kier alpha value is -0.590. The zero-order chi connectivity index (χ0) is 11.3. The average Bonchev–Trinajstić information content (AvgIpc) is 2.21. The van der Waals surface area contributed by atoms with E-state index in [4.69, 9.17) is 10.00 Å². The van der Waals surface area contributed by atoms with Gasteiger partial charge in [-0.15, -0.1) is 0 Å². The van der Waals surface area contributed by atoms with Crippen molar-refractivity contribution in [3.05, 3.63) is 0 Å². The molecule has 15 heavy (non-hydrogen) atoms. The molecule has 1 N–H and O–H groups in total. The van der Waals surface area contributed by atoms with E-state index in [-0.39, 0.29) is 11.5 Å². The number of aliphatic hydroxyl groups is 1. The number of hydrogen-bond donors (Lipinski definition) is 1. The minimum absolute atomic E-state index is 0.125. The van der Waals surface area contributed by atoms with Crippen LogP contribution in [0, 0.1) is 16.7 Å². The maximum atomic E-state index is 9.32. The minimum atomic E-state index is -0.284. The first-order valence-corrected chi connectivity index (χ1v) is 5.74. The molecule has 0 unspecified atom stereocenters. The fourth-order valence-electron chi connectivity index (χ4n) is 1.75. The Labute approximate surface area is 92.0 Å². The van der Waals surface area contributed by atoms with Crippen molar-refractivity contribution in [1.82, 2.24) is 0 Å². The highest BCUT2D eigenvalue weighted by Gasteiger charge is 2.21. The Kier molecular flexibility index (Phi) is 4.56. The van der Waals surface area contributed by atoms with Crippen LogP contribution in [0.3, 0.4) is 0 Å². The summed E-state index contributed by atoms with van der Waals surface area (Å²) in [5.74, 6) is 0. The molecular weight excluding hydrogens is 190 g/mol. The fourth-order valence-corrected chi connectivity index (χ4v) is 1.75. The Morgan fingerprint density at radius 1 is 1.33 bits per heavy atom. The van der Waals surface area contributed by atoms with Crippen LogP contribution in [0.4, 0.5) is 0 Å². The molecule has 0 saturated heterocycles. The summed E-state index contributed by atoms with van der Waals surface area (Å²) >= 11 is 0. The summed E-state index contributed by atoms with van der Waals surface area (Å²) in [6.07, 6.45) is 4.56. The molecule has 1 aliphatic carbocycles. The molecular formula is C12H21NO2. The van der Waals surface area contributed by atoms with Crippen LogP contribution < -0.4 is 0 Å². The lowest BCUT2D eigenvalue weighted by atomic mass is 9.91. The lowest BCUT2D eigenvalue weighted by Gasteiger charge is -2.26. The average molecular weight is 211 g/mol. The lowest BCUT2D eigenvalue weighted by Crippen LogP contribution is -2.25. The quantitative estimate of drug-likeness (QED) is 0.776. The van der Waals surface area contributed by atoms with Gasteiger partial charge in [0.05, 0.1) is 23.7 Å². The number of rotatable bonds is 4. The zero-order valence-corrected chi connectivity index (χ0v) is 9.70. The van der Waals surface area contributed by atoms with E-state index in [1.165, 1.54) is 0 Å². The van der Waals surface area contributed by atoms with Crippen LogP contribution in [0.1, 0.15) is 46.0 Å². The second-order valence-electron chi connectivity index (χ2n) is 5.05. The molecule has 86 valence electrons. The number of ether oxygens (including phenoxy) is 1. The largest absolute Gasteiger partial charge is 0.393 e. The molecule has 0 spiro atoms. The molecule has 3 heteroatoms. The van der Waals surface area contributed by atoms with Crippen LogP contribution in [-0.4, -0.2) is 23.9 Å². The molecule has 0 atom stereocenters. The standard InChI is InChI=1S/C12H21NO2/c1-12(2,9-13)7-8-15-11-5-3-10(14)4-6-11/h10-11,14H,3-8H2,1-2H3. The molecule has 1 aliphatic rings. The molecule has 0 radical (unpaired) electrons. The smallest absolute Gasteiger partial charge is 0.0684 e. The molecule has 0 aliphatic heterocycles. The van der Waals surface area contributed by atoms with Gasteiger partial charge in [0.25, 0.3) is 0 Å². The molecule has 0 heterocycles. The maximum absolute atomic E-state index is 9.32. The molecule has 1 saturated carbocycles. The third kappa shape index (κ3) is 4.63. The number of nitrogens with zero attached hydrogens (tertiary/aromatic N) is 1. The number of nitriles is 1. The van der Waals surface area contributed by atoms with Crippen molar-refractivity contribution in [1.29, 1.82) is 5.26 Å². The molecule has 0 bridgehead atoms. The fraction of sp³-hybridized carbons (Fsp3) is 0.917. The van der Waals surface area contributed by atoms with Gasteiger partial charge in [0.15, 0.2) is 0 Å². The third-order valence-electron chi connectivity index (χ3n) is 3.03. The summed E-state index contributed by atoms with van der Waals surface area (Å²) in [6.45, 7) is 4.52. The van der Waals surface area contributed by atoms with E-state index in [0.29, 0.717) is 12.7 Å². The first kappa shape index (κ1) is 12.5. The van der Waals surface area contributed by atoms with Gasteiger partial charge in [-0.25, -0.2) is 0 Å². The second-order valence-corrected chi connectivity index (χ2v) is 5.05. The third-order valence-corrected chi connectivity index (χ3v) is 3.03. The van der Waals surface area contributed by atoms with Crippen molar-refractivity contribution in [2.75, 3.05) is 6.61 Å².